The highest BCUT2D eigenvalue weighted by molar-refractivity contribution is 5.82. The molecule has 0 aromatic heterocycles. The quantitative estimate of drug-likeness (QED) is 0.606. The summed E-state index contributed by atoms with van der Waals surface area (Å²) < 4.78 is 5.99. The maximum absolute atomic E-state index is 12.2. The summed E-state index contributed by atoms with van der Waals surface area (Å²) in [5, 5.41) is 10.7. The number of rotatable bonds is 5. The Labute approximate surface area is 135 Å². The van der Waals surface area contributed by atoms with Gasteiger partial charge in [0.2, 0.25) is 11.9 Å². The fraction of sp³-hybridized carbons (Fsp3) is 0.562. The molecule has 1 fully saturated rings. The Morgan fingerprint density at radius 2 is 2.22 bits per heavy atom. The fourth-order valence-corrected chi connectivity index (χ4v) is 3.13. The largest absolute Gasteiger partial charge is 0.485 e. The number of para-hydroxylation sites is 2. The highest BCUT2D eigenvalue weighted by Crippen LogP contribution is 2.35. The lowest BCUT2D eigenvalue weighted by Gasteiger charge is -2.37. The molecular formula is C16H21N3O4. The van der Waals surface area contributed by atoms with Crippen molar-refractivity contribution in [2.24, 2.45) is 5.92 Å². The number of anilines is 1. The van der Waals surface area contributed by atoms with Crippen molar-refractivity contribution in [3.63, 3.8) is 0 Å². The molecule has 1 aliphatic heterocycles. The number of carbonyl (C=O) groups excluding carboxylic acids is 1. The SMILES string of the molecule is CCN1CC(CN(C)C(=O)C2CC2[N+](=O)[O-])Oc2ccccc21. The van der Waals surface area contributed by atoms with Crippen LogP contribution >= 0.6 is 0 Å². The van der Waals surface area contributed by atoms with Gasteiger partial charge in [0.05, 0.1) is 18.8 Å². The van der Waals surface area contributed by atoms with Crippen LogP contribution in [0.1, 0.15) is 13.3 Å². The van der Waals surface area contributed by atoms with Crippen LogP contribution in [-0.4, -0.2) is 54.6 Å². The average Bonchev–Trinajstić information content (AvgIpc) is 3.34. The van der Waals surface area contributed by atoms with E-state index in [1.54, 1.807) is 11.9 Å². The third-order valence-electron chi connectivity index (χ3n) is 4.50. The van der Waals surface area contributed by atoms with E-state index < -0.39 is 12.0 Å². The van der Waals surface area contributed by atoms with Crippen molar-refractivity contribution in [2.75, 3.05) is 31.6 Å². The predicted octanol–water partition coefficient (Wildman–Crippen LogP) is 1.40. The molecule has 0 N–H and O–H groups in total. The standard InChI is InChI=1S/C16H21N3O4/c1-3-18-10-11(23-15-7-5-4-6-13(15)18)9-17(2)16(20)12-8-14(12)19(21)22/h4-7,11-12,14H,3,8-10H2,1-2H3. The van der Waals surface area contributed by atoms with Gasteiger partial charge in [0.25, 0.3) is 0 Å². The molecule has 0 bridgehead atoms. The Morgan fingerprint density at radius 3 is 2.87 bits per heavy atom. The van der Waals surface area contributed by atoms with Gasteiger partial charge in [-0.2, -0.15) is 0 Å². The summed E-state index contributed by atoms with van der Waals surface area (Å²) in [5.74, 6) is 0.200. The minimum absolute atomic E-state index is 0.133. The summed E-state index contributed by atoms with van der Waals surface area (Å²) in [6, 6.07) is 7.15. The number of likely N-dealkylation sites (N-methyl/N-ethyl adjacent to an activating group) is 2. The molecule has 1 heterocycles. The van der Waals surface area contributed by atoms with E-state index >= 15 is 0 Å². The summed E-state index contributed by atoms with van der Waals surface area (Å²) in [7, 11) is 1.69. The molecule has 3 unspecified atom stereocenters. The van der Waals surface area contributed by atoms with E-state index in [0.29, 0.717) is 19.5 Å². The Kier molecular flexibility index (Phi) is 4.11. The van der Waals surface area contributed by atoms with E-state index in [-0.39, 0.29) is 16.9 Å². The molecule has 3 atom stereocenters. The number of fused-ring (bicyclic) bond motifs is 1. The number of benzene rings is 1. The molecule has 0 spiro atoms. The zero-order chi connectivity index (χ0) is 16.6. The summed E-state index contributed by atoms with van der Waals surface area (Å²) in [5.41, 5.74) is 1.07. The Morgan fingerprint density at radius 1 is 1.48 bits per heavy atom. The first-order valence-corrected chi connectivity index (χ1v) is 7.90. The molecule has 124 valence electrons. The molecule has 1 aromatic carbocycles. The second-order valence-corrected chi connectivity index (χ2v) is 6.16. The van der Waals surface area contributed by atoms with Crippen molar-refractivity contribution >= 4 is 11.6 Å². The van der Waals surface area contributed by atoms with Crippen LogP contribution in [0.2, 0.25) is 0 Å². The van der Waals surface area contributed by atoms with Gasteiger partial charge in [-0.15, -0.1) is 0 Å². The number of carbonyl (C=O) groups is 1. The lowest BCUT2D eigenvalue weighted by molar-refractivity contribution is -0.497. The zero-order valence-corrected chi connectivity index (χ0v) is 13.3. The van der Waals surface area contributed by atoms with Crippen LogP contribution in [0.15, 0.2) is 24.3 Å². The molecular weight excluding hydrogens is 298 g/mol. The first-order valence-electron chi connectivity index (χ1n) is 7.90. The Balaban J connectivity index is 1.63. The average molecular weight is 319 g/mol. The van der Waals surface area contributed by atoms with Gasteiger partial charge in [0.15, 0.2) is 0 Å². The van der Waals surface area contributed by atoms with E-state index in [1.807, 2.05) is 24.3 Å². The lowest BCUT2D eigenvalue weighted by atomic mass is 10.1. The van der Waals surface area contributed by atoms with Crippen molar-refractivity contribution in [1.82, 2.24) is 4.90 Å². The van der Waals surface area contributed by atoms with Crippen LogP contribution in [0, 0.1) is 16.0 Å². The van der Waals surface area contributed by atoms with E-state index in [4.69, 9.17) is 4.74 Å². The third-order valence-corrected chi connectivity index (χ3v) is 4.50. The minimum Gasteiger partial charge on any atom is -0.485 e. The zero-order valence-electron chi connectivity index (χ0n) is 13.3. The molecule has 0 radical (unpaired) electrons. The Hall–Kier alpha value is -2.31. The molecule has 0 saturated heterocycles. The second kappa shape index (κ2) is 6.06. The van der Waals surface area contributed by atoms with Crippen LogP contribution in [0.3, 0.4) is 0 Å². The number of ether oxygens (including phenoxy) is 1. The first-order chi connectivity index (χ1) is 11.0. The van der Waals surface area contributed by atoms with Crippen molar-refractivity contribution in [2.45, 2.75) is 25.5 Å². The van der Waals surface area contributed by atoms with Gasteiger partial charge >= 0.3 is 0 Å². The molecule has 3 rings (SSSR count). The van der Waals surface area contributed by atoms with Crippen molar-refractivity contribution < 1.29 is 14.5 Å². The van der Waals surface area contributed by atoms with Gasteiger partial charge in [0.1, 0.15) is 17.8 Å². The highest BCUT2D eigenvalue weighted by atomic mass is 16.6. The smallest absolute Gasteiger partial charge is 0.232 e. The maximum atomic E-state index is 12.2. The highest BCUT2D eigenvalue weighted by Gasteiger charge is 2.54. The summed E-state index contributed by atoms with van der Waals surface area (Å²) in [4.78, 5) is 26.4. The van der Waals surface area contributed by atoms with Crippen LogP contribution in [-0.2, 0) is 4.79 Å². The number of amides is 1. The molecule has 1 aliphatic carbocycles. The summed E-state index contributed by atoms with van der Waals surface area (Å²) >= 11 is 0. The third kappa shape index (κ3) is 3.09. The van der Waals surface area contributed by atoms with Crippen molar-refractivity contribution in [1.29, 1.82) is 0 Å². The Bertz CT molecular complexity index is 621. The van der Waals surface area contributed by atoms with E-state index in [9.17, 15) is 14.9 Å². The van der Waals surface area contributed by atoms with Crippen LogP contribution in [0.25, 0.3) is 0 Å². The number of hydrogen-bond donors (Lipinski definition) is 0. The molecule has 1 saturated carbocycles. The summed E-state index contributed by atoms with van der Waals surface area (Å²) in [6.45, 7) is 4.08. The molecule has 7 heteroatoms. The van der Waals surface area contributed by atoms with Gasteiger partial charge in [-0.3, -0.25) is 14.9 Å². The van der Waals surface area contributed by atoms with Gasteiger partial charge in [0, 0.05) is 24.9 Å². The second-order valence-electron chi connectivity index (χ2n) is 6.16. The van der Waals surface area contributed by atoms with Gasteiger partial charge in [-0.25, -0.2) is 0 Å². The van der Waals surface area contributed by atoms with Crippen LogP contribution in [0.4, 0.5) is 5.69 Å². The number of hydrogen-bond acceptors (Lipinski definition) is 5. The first kappa shape index (κ1) is 15.6. The van der Waals surface area contributed by atoms with Crippen molar-refractivity contribution in [3.8, 4) is 5.75 Å². The normalized spacial score (nSPS) is 25.3. The maximum Gasteiger partial charge on any atom is 0.232 e. The van der Waals surface area contributed by atoms with Gasteiger partial charge in [-0.1, -0.05) is 12.1 Å². The molecule has 1 amide bonds. The fourth-order valence-electron chi connectivity index (χ4n) is 3.13. The van der Waals surface area contributed by atoms with Gasteiger partial charge < -0.3 is 14.5 Å². The van der Waals surface area contributed by atoms with Crippen molar-refractivity contribution in [3.05, 3.63) is 34.4 Å². The molecule has 2 aliphatic rings. The summed E-state index contributed by atoms with van der Waals surface area (Å²) in [6.07, 6.45) is 0.220. The van der Waals surface area contributed by atoms with E-state index in [0.717, 1.165) is 18.0 Å². The minimum atomic E-state index is -0.704. The monoisotopic (exact) mass is 319 g/mol. The van der Waals surface area contributed by atoms with Gasteiger partial charge in [-0.05, 0) is 19.1 Å². The number of nitrogens with zero attached hydrogens (tertiary/aromatic N) is 3. The van der Waals surface area contributed by atoms with Crippen LogP contribution < -0.4 is 9.64 Å². The molecule has 23 heavy (non-hydrogen) atoms. The topological polar surface area (TPSA) is 75.9 Å². The number of nitro groups is 1. The predicted molar refractivity (Wildman–Crippen MR) is 85.3 cm³/mol. The van der Waals surface area contributed by atoms with E-state index in [2.05, 4.69) is 11.8 Å². The molecule has 1 aromatic rings. The lowest BCUT2D eigenvalue weighted by Crippen LogP contribution is -2.47. The molecule has 7 nitrogen and oxygen atoms in total. The van der Waals surface area contributed by atoms with Crippen LogP contribution in [0.5, 0.6) is 5.75 Å². The van der Waals surface area contributed by atoms with E-state index in [1.165, 1.54) is 0 Å².